The molecule has 0 radical (unpaired) electrons. The van der Waals surface area contributed by atoms with Crippen LogP contribution in [0.15, 0.2) is 10.7 Å². The number of aryl methyl sites for hydroxylation is 1. The maximum absolute atomic E-state index is 9.15. The minimum atomic E-state index is -0.00873. The Labute approximate surface area is 98.3 Å². The molecule has 1 unspecified atom stereocenters. The van der Waals surface area contributed by atoms with Gasteiger partial charge in [0.15, 0.2) is 0 Å². The summed E-state index contributed by atoms with van der Waals surface area (Å²) in [6.07, 6.45) is 1.71. The van der Waals surface area contributed by atoms with Gasteiger partial charge >= 0.3 is 0 Å². The fraction of sp³-hybridized carbons (Fsp3) is 0.600. The zero-order chi connectivity index (χ0) is 11.4. The van der Waals surface area contributed by atoms with E-state index in [9.17, 15) is 0 Å². The van der Waals surface area contributed by atoms with Crippen molar-refractivity contribution in [3.05, 3.63) is 16.4 Å². The molecule has 0 amide bonds. The number of anilines is 1. The van der Waals surface area contributed by atoms with Crippen molar-refractivity contribution in [3.8, 4) is 0 Å². The summed E-state index contributed by atoms with van der Waals surface area (Å²) >= 11 is 3.34. The molecule has 0 aliphatic rings. The van der Waals surface area contributed by atoms with E-state index in [0.717, 1.165) is 10.2 Å². The first-order chi connectivity index (χ1) is 7.04. The molecule has 2 N–H and O–H groups in total. The average Bonchev–Trinajstić information content (AvgIpc) is 2.19. The fourth-order valence-corrected chi connectivity index (χ4v) is 1.30. The second-order valence-corrected chi connectivity index (χ2v) is 4.66. The largest absolute Gasteiger partial charge is 0.394 e. The highest BCUT2D eigenvalue weighted by Crippen LogP contribution is 2.15. The van der Waals surface area contributed by atoms with Crippen molar-refractivity contribution in [1.29, 1.82) is 0 Å². The highest BCUT2D eigenvalue weighted by molar-refractivity contribution is 9.10. The number of nitrogens with one attached hydrogen (secondary N) is 1. The van der Waals surface area contributed by atoms with Crippen molar-refractivity contribution in [1.82, 2.24) is 9.97 Å². The van der Waals surface area contributed by atoms with Crippen molar-refractivity contribution in [3.63, 3.8) is 0 Å². The van der Waals surface area contributed by atoms with E-state index in [0.29, 0.717) is 11.9 Å². The maximum Gasteiger partial charge on any atom is 0.223 e. The first-order valence-corrected chi connectivity index (χ1v) is 5.70. The fourth-order valence-electron chi connectivity index (χ4n) is 1.11. The Hall–Kier alpha value is -0.680. The Morgan fingerprint density at radius 3 is 2.67 bits per heavy atom. The van der Waals surface area contributed by atoms with Gasteiger partial charge in [-0.1, -0.05) is 13.8 Å². The van der Waals surface area contributed by atoms with E-state index < -0.39 is 0 Å². The van der Waals surface area contributed by atoms with Crippen LogP contribution in [0.2, 0.25) is 0 Å². The van der Waals surface area contributed by atoms with Crippen molar-refractivity contribution in [2.75, 3.05) is 11.9 Å². The quantitative estimate of drug-likeness (QED) is 0.881. The first-order valence-electron chi connectivity index (χ1n) is 4.91. The van der Waals surface area contributed by atoms with Gasteiger partial charge in [0, 0.05) is 6.20 Å². The zero-order valence-corrected chi connectivity index (χ0v) is 10.7. The van der Waals surface area contributed by atoms with Crippen LogP contribution in [-0.4, -0.2) is 27.7 Å². The molecular formula is C10H16BrN3O. The molecule has 0 bridgehead atoms. The number of halogens is 1. The lowest BCUT2D eigenvalue weighted by Gasteiger charge is -2.19. The summed E-state index contributed by atoms with van der Waals surface area (Å²) in [6.45, 7) is 6.07. The van der Waals surface area contributed by atoms with Crippen molar-refractivity contribution in [2.45, 2.75) is 26.8 Å². The highest BCUT2D eigenvalue weighted by Gasteiger charge is 2.13. The van der Waals surface area contributed by atoms with Gasteiger partial charge in [-0.25, -0.2) is 9.97 Å². The van der Waals surface area contributed by atoms with E-state index in [1.165, 1.54) is 0 Å². The minimum Gasteiger partial charge on any atom is -0.394 e. The monoisotopic (exact) mass is 273 g/mol. The van der Waals surface area contributed by atoms with Gasteiger partial charge in [0.1, 0.15) is 0 Å². The molecule has 1 aromatic rings. The van der Waals surface area contributed by atoms with E-state index in [1.54, 1.807) is 6.20 Å². The molecular weight excluding hydrogens is 258 g/mol. The molecule has 0 saturated carbocycles. The van der Waals surface area contributed by atoms with E-state index in [-0.39, 0.29) is 12.6 Å². The molecule has 84 valence electrons. The Morgan fingerprint density at radius 1 is 1.53 bits per heavy atom. The molecule has 4 nitrogen and oxygen atoms in total. The zero-order valence-electron chi connectivity index (χ0n) is 9.16. The number of rotatable bonds is 4. The lowest BCUT2D eigenvalue weighted by molar-refractivity contribution is 0.248. The smallest absolute Gasteiger partial charge is 0.223 e. The van der Waals surface area contributed by atoms with Crippen LogP contribution in [0.1, 0.15) is 19.5 Å². The maximum atomic E-state index is 9.15. The van der Waals surface area contributed by atoms with Crippen LogP contribution in [-0.2, 0) is 0 Å². The number of hydrogen-bond donors (Lipinski definition) is 2. The summed E-state index contributed by atoms with van der Waals surface area (Å²) in [6, 6.07) is -0.00873. The second-order valence-electron chi connectivity index (χ2n) is 3.80. The number of nitrogens with zero attached hydrogens (tertiary/aromatic N) is 2. The van der Waals surface area contributed by atoms with Gasteiger partial charge in [0.05, 0.1) is 22.8 Å². The second kappa shape index (κ2) is 5.42. The van der Waals surface area contributed by atoms with Gasteiger partial charge in [-0.05, 0) is 28.8 Å². The molecule has 0 aromatic carbocycles. The van der Waals surface area contributed by atoms with Gasteiger partial charge in [0.25, 0.3) is 0 Å². The molecule has 15 heavy (non-hydrogen) atoms. The van der Waals surface area contributed by atoms with E-state index in [4.69, 9.17) is 5.11 Å². The van der Waals surface area contributed by atoms with Gasteiger partial charge in [-0.2, -0.15) is 0 Å². The Balaban J connectivity index is 2.75. The summed E-state index contributed by atoms with van der Waals surface area (Å²) in [5.74, 6) is 0.894. The Morgan fingerprint density at radius 2 is 2.20 bits per heavy atom. The molecule has 1 aromatic heterocycles. The van der Waals surface area contributed by atoms with Crippen LogP contribution in [0, 0.1) is 12.8 Å². The normalized spacial score (nSPS) is 12.9. The standard InChI is InChI=1S/C10H16BrN3O/c1-6(2)9(5-15)14-10-12-4-8(11)7(3)13-10/h4,6,9,15H,5H2,1-3H3,(H,12,13,14). The van der Waals surface area contributed by atoms with Crippen LogP contribution in [0.5, 0.6) is 0 Å². The van der Waals surface area contributed by atoms with Gasteiger partial charge < -0.3 is 10.4 Å². The number of aliphatic hydroxyl groups is 1. The lowest BCUT2D eigenvalue weighted by atomic mass is 10.1. The minimum absolute atomic E-state index is 0.00873. The highest BCUT2D eigenvalue weighted by atomic mass is 79.9. The van der Waals surface area contributed by atoms with Gasteiger partial charge in [-0.3, -0.25) is 0 Å². The Kier molecular flexibility index (Phi) is 4.47. The van der Waals surface area contributed by atoms with Gasteiger partial charge in [-0.15, -0.1) is 0 Å². The third-order valence-electron chi connectivity index (χ3n) is 2.24. The predicted molar refractivity (Wildman–Crippen MR) is 63.8 cm³/mol. The average molecular weight is 274 g/mol. The predicted octanol–water partition coefficient (Wildman–Crippen LogP) is 1.98. The topological polar surface area (TPSA) is 58.0 Å². The van der Waals surface area contributed by atoms with E-state index >= 15 is 0 Å². The molecule has 1 atom stereocenters. The summed E-state index contributed by atoms with van der Waals surface area (Å²) in [5.41, 5.74) is 0.882. The molecule has 0 aliphatic carbocycles. The van der Waals surface area contributed by atoms with Crippen LogP contribution in [0.4, 0.5) is 5.95 Å². The molecule has 5 heteroatoms. The molecule has 1 heterocycles. The molecule has 0 saturated heterocycles. The van der Waals surface area contributed by atoms with Crippen LogP contribution < -0.4 is 5.32 Å². The summed E-state index contributed by atoms with van der Waals surface area (Å²) in [4.78, 5) is 8.39. The molecule has 1 rings (SSSR count). The summed E-state index contributed by atoms with van der Waals surface area (Å²) < 4.78 is 0.887. The number of hydrogen-bond acceptors (Lipinski definition) is 4. The molecule has 0 aliphatic heterocycles. The van der Waals surface area contributed by atoms with Crippen molar-refractivity contribution in [2.24, 2.45) is 5.92 Å². The SMILES string of the molecule is Cc1nc(NC(CO)C(C)C)ncc1Br. The van der Waals surface area contributed by atoms with Crippen molar-refractivity contribution >= 4 is 21.9 Å². The summed E-state index contributed by atoms with van der Waals surface area (Å²) in [7, 11) is 0. The number of aliphatic hydroxyl groups excluding tert-OH is 1. The van der Waals surface area contributed by atoms with Crippen LogP contribution in [0.25, 0.3) is 0 Å². The van der Waals surface area contributed by atoms with Crippen LogP contribution >= 0.6 is 15.9 Å². The van der Waals surface area contributed by atoms with Gasteiger partial charge in [0.2, 0.25) is 5.95 Å². The van der Waals surface area contributed by atoms with Crippen molar-refractivity contribution < 1.29 is 5.11 Å². The van der Waals surface area contributed by atoms with E-state index in [2.05, 4.69) is 31.2 Å². The van der Waals surface area contributed by atoms with E-state index in [1.807, 2.05) is 20.8 Å². The third-order valence-corrected chi connectivity index (χ3v) is 3.01. The lowest BCUT2D eigenvalue weighted by Crippen LogP contribution is -2.30. The number of aromatic nitrogens is 2. The first kappa shape index (κ1) is 12.4. The Bertz CT molecular complexity index is 330. The van der Waals surface area contributed by atoms with Crippen LogP contribution in [0.3, 0.4) is 0 Å². The molecule has 0 spiro atoms. The molecule has 0 fully saturated rings. The third kappa shape index (κ3) is 3.43. The summed E-state index contributed by atoms with van der Waals surface area (Å²) in [5, 5.41) is 12.3.